The number of para-hydroxylation sites is 1. The summed E-state index contributed by atoms with van der Waals surface area (Å²) in [4.78, 5) is 0. The Balaban J connectivity index is 1.99. The molecule has 0 aliphatic rings. The summed E-state index contributed by atoms with van der Waals surface area (Å²) < 4.78 is 5.90. The van der Waals surface area contributed by atoms with Crippen LogP contribution in [0.2, 0.25) is 0 Å². The van der Waals surface area contributed by atoms with E-state index in [1.807, 2.05) is 24.3 Å². The monoisotopic (exact) mass is 267 g/mol. The van der Waals surface area contributed by atoms with E-state index < -0.39 is 0 Å². The second-order valence-electron chi connectivity index (χ2n) is 4.74. The highest BCUT2D eigenvalue weighted by Gasteiger charge is 2.02. The highest BCUT2D eigenvalue weighted by molar-refractivity contribution is 5.35. The molecule has 0 aliphatic heterocycles. The Bertz CT molecular complexity index is 546. The van der Waals surface area contributed by atoms with Crippen molar-refractivity contribution in [1.29, 1.82) is 0 Å². The average Bonchev–Trinajstić information content (AvgIpc) is 2.48. The van der Waals surface area contributed by atoms with Crippen molar-refractivity contribution in [3.8, 4) is 5.75 Å². The third kappa shape index (κ3) is 3.97. The summed E-state index contributed by atoms with van der Waals surface area (Å²) in [5.74, 6) is 0.929. The van der Waals surface area contributed by atoms with E-state index in [0.717, 1.165) is 18.6 Å². The van der Waals surface area contributed by atoms with Gasteiger partial charge in [0.05, 0.1) is 0 Å². The fourth-order valence-electron chi connectivity index (χ4n) is 2.10. The topological polar surface area (TPSA) is 35.2 Å². The number of hydrogen-bond donors (Lipinski definition) is 1. The maximum atomic E-state index is 5.90. The Labute approximate surface area is 120 Å². The largest absolute Gasteiger partial charge is 0.489 e. The molecular weight excluding hydrogens is 246 g/mol. The van der Waals surface area contributed by atoms with Gasteiger partial charge < -0.3 is 10.5 Å². The number of nitrogens with two attached hydrogens (primary N) is 1. The van der Waals surface area contributed by atoms with Crippen LogP contribution in [0.5, 0.6) is 5.75 Å². The molecule has 0 aromatic heterocycles. The fraction of sp³-hybridized carbons (Fsp3) is 0.222. The van der Waals surface area contributed by atoms with E-state index in [9.17, 15) is 0 Å². The zero-order chi connectivity index (χ0) is 14.2. The van der Waals surface area contributed by atoms with Crippen molar-refractivity contribution in [2.75, 3.05) is 6.54 Å². The first-order valence-corrected chi connectivity index (χ1v) is 6.93. The van der Waals surface area contributed by atoms with Crippen LogP contribution in [-0.2, 0) is 19.4 Å². The van der Waals surface area contributed by atoms with Crippen LogP contribution in [0.4, 0.5) is 0 Å². The lowest BCUT2D eigenvalue weighted by Gasteiger charge is -2.10. The molecule has 0 saturated heterocycles. The van der Waals surface area contributed by atoms with E-state index in [0.29, 0.717) is 13.2 Å². The summed E-state index contributed by atoms with van der Waals surface area (Å²) in [7, 11) is 0. The molecule has 0 unspecified atom stereocenters. The van der Waals surface area contributed by atoms with E-state index in [1.54, 1.807) is 0 Å². The molecule has 2 N–H and O–H groups in total. The highest BCUT2D eigenvalue weighted by Crippen LogP contribution is 2.20. The molecule has 2 heteroatoms. The van der Waals surface area contributed by atoms with Crippen LogP contribution in [0.1, 0.15) is 16.7 Å². The molecule has 2 rings (SSSR count). The van der Waals surface area contributed by atoms with E-state index >= 15 is 0 Å². The van der Waals surface area contributed by atoms with Crippen molar-refractivity contribution in [3.63, 3.8) is 0 Å². The van der Waals surface area contributed by atoms with Crippen LogP contribution in [-0.4, -0.2) is 6.54 Å². The van der Waals surface area contributed by atoms with Gasteiger partial charge in [-0.2, -0.15) is 0 Å². The van der Waals surface area contributed by atoms with Crippen LogP contribution in [0.25, 0.3) is 0 Å². The van der Waals surface area contributed by atoms with Crippen molar-refractivity contribution < 1.29 is 4.74 Å². The molecular formula is C18H21NO. The number of hydrogen-bond acceptors (Lipinski definition) is 2. The van der Waals surface area contributed by atoms with Gasteiger partial charge in [0.2, 0.25) is 0 Å². The zero-order valence-electron chi connectivity index (χ0n) is 11.7. The van der Waals surface area contributed by atoms with Crippen molar-refractivity contribution in [1.82, 2.24) is 0 Å². The molecule has 2 aromatic carbocycles. The third-order valence-corrected chi connectivity index (χ3v) is 3.19. The number of ether oxygens (including phenoxy) is 1. The van der Waals surface area contributed by atoms with Crippen LogP contribution < -0.4 is 10.5 Å². The van der Waals surface area contributed by atoms with Gasteiger partial charge in [-0.25, -0.2) is 0 Å². The molecule has 2 aromatic rings. The molecule has 0 atom stereocenters. The molecule has 2 nitrogen and oxygen atoms in total. The molecule has 0 aliphatic carbocycles. The average molecular weight is 267 g/mol. The number of allylic oxidation sites excluding steroid dienone is 1. The zero-order valence-corrected chi connectivity index (χ0v) is 11.7. The molecule has 0 saturated carbocycles. The number of rotatable bonds is 7. The minimum atomic E-state index is 0.580. The second kappa shape index (κ2) is 7.51. The summed E-state index contributed by atoms with van der Waals surface area (Å²) in [5, 5.41) is 0. The molecule has 0 spiro atoms. The second-order valence-corrected chi connectivity index (χ2v) is 4.74. The summed E-state index contributed by atoms with van der Waals surface area (Å²) in [6.07, 6.45) is 3.64. The van der Waals surface area contributed by atoms with E-state index in [4.69, 9.17) is 10.5 Å². The van der Waals surface area contributed by atoms with Gasteiger partial charge in [0.1, 0.15) is 12.4 Å². The van der Waals surface area contributed by atoms with Gasteiger partial charge in [-0.05, 0) is 42.1 Å². The minimum Gasteiger partial charge on any atom is -0.489 e. The predicted molar refractivity (Wildman–Crippen MR) is 83.9 cm³/mol. The van der Waals surface area contributed by atoms with Crippen LogP contribution in [0.3, 0.4) is 0 Å². The molecule has 0 bridgehead atoms. The van der Waals surface area contributed by atoms with Gasteiger partial charge in [-0.15, -0.1) is 6.58 Å². The smallest absolute Gasteiger partial charge is 0.123 e. The highest BCUT2D eigenvalue weighted by atomic mass is 16.5. The summed E-state index contributed by atoms with van der Waals surface area (Å²) in [6.45, 7) is 5.04. The van der Waals surface area contributed by atoms with Crippen molar-refractivity contribution in [3.05, 3.63) is 77.9 Å². The lowest BCUT2D eigenvalue weighted by Crippen LogP contribution is -2.03. The van der Waals surface area contributed by atoms with Crippen LogP contribution in [0.15, 0.2) is 61.2 Å². The maximum absolute atomic E-state index is 5.90. The van der Waals surface area contributed by atoms with Gasteiger partial charge in [-0.1, -0.05) is 48.5 Å². The molecule has 20 heavy (non-hydrogen) atoms. The molecule has 104 valence electrons. The van der Waals surface area contributed by atoms with Gasteiger partial charge in [0.15, 0.2) is 0 Å². The van der Waals surface area contributed by atoms with Gasteiger partial charge in [0.25, 0.3) is 0 Å². The van der Waals surface area contributed by atoms with Gasteiger partial charge in [0, 0.05) is 0 Å². The Hall–Kier alpha value is -2.06. The third-order valence-electron chi connectivity index (χ3n) is 3.19. The van der Waals surface area contributed by atoms with Crippen molar-refractivity contribution in [2.24, 2.45) is 5.73 Å². The lowest BCUT2D eigenvalue weighted by atomic mass is 10.1. The molecule has 0 amide bonds. The van der Waals surface area contributed by atoms with Crippen LogP contribution >= 0.6 is 0 Å². The van der Waals surface area contributed by atoms with E-state index in [2.05, 4.69) is 36.9 Å². The summed E-state index contributed by atoms with van der Waals surface area (Å²) in [5.41, 5.74) is 9.15. The predicted octanol–water partition coefficient (Wildman–Crippen LogP) is 3.50. The van der Waals surface area contributed by atoms with Gasteiger partial charge >= 0.3 is 0 Å². The normalized spacial score (nSPS) is 10.2. The first-order chi connectivity index (χ1) is 9.83. The fourth-order valence-corrected chi connectivity index (χ4v) is 2.10. The Morgan fingerprint density at radius 1 is 1.00 bits per heavy atom. The Morgan fingerprint density at radius 3 is 2.40 bits per heavy atom. The Kier molecular flexibility index (Phi) is 5.39. The first kappa shape index (κ1) is 14.4. The summed E-state index contributed by atoms with van der Waals surface area (Å²) >= 11 is 0. The Morgan fingerprint density at radius 2 is 1.70 bits per heavy atom. The molecule has 0 radical (unpaired) electrons. The SMILES string of the molecule is C=CCc1ccccc1OCc1ccc(CCN)cc1. The summed E-state index contributed by atoms with van der Waals surface area (Å²) in [6, 6.07) is 16.5. The molecule has 0 heterocycles. The van der Waals surface area contributed by atoms with Crippen molar-refractivity contribution in [2.45, 2.75) is 19.4 Å². The standard InChI is InChI=1S/C18H21NO/c1-2-5-17-6-3-4-7-18(17)20-14-16-10-8-15(9-11-16)12-13-19/h2-4,6-11H,1,5,12-14,19H2. The van der Waals surface area contributed by atoms with E-state index in [1.165, 1.54) is 16.7 Å². The molecule has 0 fully saturated rings. The van der Waals surface area contributed by atoms with Crippen LogP contribution in [0, 0.1) is 0 Å². The first-order valence-electron chi connectivity index (χ1n) is 6.93. The minimum absolute atomic E-state index is 0.580. The maximum Gasteiger partial charge on any atom is 0.123 e. The van der Waals surface area contributed by atoms with E-state index in [-0.39, 0.29) is 0 Å². The lowest BCUT2D eigenvalue weighted by molar-refractivity contribution is 0.303. The number of benzene rings is 2. The quantitative estimate of drug-likeness (QED) is 0.779. The van der Waals surface area contributed by atoms with Crippen molar-refractivity contribution >= 4 is 0 Å². The van der Waals surface area contributed by atoms with Gasteiger partial charge in [-0.3, -0.25) is 0 Å².